The third-order valence-electron chi connectivity index (χ3n) is 3.34. The van der Waals surface area contributed by atoms with E-state index in [4.69, 9.17) is 11.6 Å². The van der Waals surface area contributed by atoms with Crippen LogP contribution in [-0.4, -0.2) is 35.0 Å². The number of aromatic nitrogens is 2. The molecule has 1 aliphatic rings. The number of rotatable bonds is 3. The van der Waals surface area contributed by atoms with Gasteiger partial charge in [-0.15, -0.1) is 6.58 Å². The van der Waals surface area contributed by atoms with Crippen LogP contribution in [0.4, 0.5) is 5.69 Å². The second-order valence-corrected chi connectivity index (χ2v) is 5.31. The van der Waals surface area contributed by atoms with E-state index < -0.39 is 0 Å². The molecule has 19 heavy (non-hydrogen) atoms. The molecular formula is C13H19ClN4O. The Morgan fingerprint density at radius 1 is 1.63 bits per heavy atom. The first kappa shape index (κ1) is 14.1. The summed E-state index contributed by atoms with van der Waals surface area (Å²) >= 11 is 6.21. The highest BCUT2D eigenvalue weighted by Crippen LogP contribution is 2.24. The quantitative estimate of drug-likeness (QED) is 0.849. The van der Waals surface area contributed by atoms with E-state index in [0.717, 1.165) is 13.1 Å². The second-order valence-electron chi connectivity index (χ2n) is 4.93. The summed E-state index contributed by atoms with van der Waals surface area (Å²) in [5.41, 5.74) is 0.449. The Balaban J connectivity index is 2.37. The van der Waals surface area contributed by atoms with Crippen molar-refractivity contribution in [1.29, 1.82) is 0 Å². The summed E-state index contributed by atoms with van der Waals surface area (Å²) in [6, 6.07) is 0.646. The van der Waals surface area contributed by atoms with Crippen molar-refractivity contribution in [3.05, 3.63) is 34.2 Å². The van der Waals surface area contributed by atoms with Crippen LogP contribution in [0, 0.1) is 0 Å². The lowest BCUT2D eigenvalue weighted by molar-refractivity contribution is 0.424. The zero-order valence-corrected chi connectivity index (χ0v) is 12.0. The number of halogens is 1. The highest BCUT2D eigenvalue weighted by molar-refractivity contribution is 6.33. The molecule has 5 nitrogen and oxygen atoms in total. The molecule has 2 heterocycles. The second kappa shape index (κ2) is 5.75. The molecule has 0 bridgehead atoms. The number of hydrogen-bond acceptors (Lipinski definition) is 4. The van der Waals surface area contributed by atoms with E-state index in [1.54, 1.807) is 12.3 Å². The molecule has 0 radical (unpaired) electrons. The Bertz CT molecular complexity index is 528. The molecule has 104 valence electrons. The summed E-state index contributed by atoms with van der Waals surface area (Å²) in [5, 5.41) is 7.78. The number of anilines is 1. The van der Waals surface area contributed by atoms with Gasteiger partial charge in [-0.2, -0.15) is 5.10 Å². The smallest absolute Gasteiger partial charge is 0.287 e. The largest absolute Gasteiger partial charge is 0.363 e. The van der Waals surface area contributed by atoms with Gasteiger partial charge in [-0.3, -0.25) is 4.79 Å². The molecular weight excluding hydrogens is 264 g/mol. The molecule has 1 aromatic rings. The number of nitrogens with one attached hydrogen (secondary N) is 1. The van der Waals surface area contributed by atoms with Crippen molar-refractivity contribution < 1.29 is 0 Å². The van der Waals surface area contributed by atoms with Gasteiger partial charge in [-0.05, 0) is 13.8 Å². The van der Waals surface area contributed by atoms with Crippen LogP contribution in [0.15, 0.2) is 23.6 Å². The highest BCUT2D eigenvalue weighted by atomic mass is 35.5. The Morgan fingerprint density at radius 2 is 2.37 bits per heavy atom. The molecule has 2 unspecified atom stereocenters. The average molecular weight is 283 g/mol. The first-order valence-electron chi connectivity index (χ1n) is 6.41. The fourth-order valence-corrected chi connectivity index (χ4v) is 2.52. The van der Waals surface area contributed by atoms with E-state index in [9.17, 15) is 4.79 Å². The Kier molecular flexibility index (Phi) is 4.27. The molecule has 0 amide bonds. The van der Waals surface area contributed by atoms with Crippen LogP contribution in [0.5, 0.6) is 0 Å². The van der Waals surface area contributed by atoms with Crippen molar-refractivity contribution in [2.75, 3.05) is 18.0 Å². The van der Waals surface area contributed by atoms with Gasteiger partial charge in [0, 0.05) is 25.2 Å². The van der Waals surface area contributed by atoms with E-state index >= 15 is 0 Å². The lowest BCUT2D eigenvalue weighted by Gasteiger charge is -2.39. The third kappa shape index (κ3) is 2.82. The van der Waals surface area contributed by atoms with Gasteiger partial charge >= 0.3 is 0 Å². The maximum Gasteiger partial charge on any atom is 0.287 e. The average Bonchev–Trinajstić information content (AvgIpc) is 2.39. The van der Waals surface area contributed by atoms with E-state index in [-0.39, 0.29) is 16.6 Å². The first-order chi connectivity index (χ1) is 9.04. The maximum atomic E-state index is 12.1. The van der Waals surface area contributed by atoms with Crippen molar-refractivity contribution in [1.82, 2.24) is 15.1 Å². The molecule has 0 spiro atoms. The van der Waals surface area contributed by atoms with Gasteiger partial charge in [-0.1, -0.05) is 17.7 Å². The van der Waals surface area contributed by atoms with E-state index in [1.165, 1.54) is 4.68 Å². The van der Waals surface area contributed by atoms with Crippen LogP contribution in [0.3, 0.4) is 0 Å². The maximum absolute atomic E-state index is 12.1. The third-order valence-corrected chi connectivity index (χ3v) is 3.70. The van der Waals surface area contributed by atoms with Gasteiger partial charge in [0.2, 0.25) is 0 Å². The molecule has 1 aliphatic heterocycles. The van der Waals surface area contributed by atoms with Crippen LogP contribution in [-0.2, 0) is 6.54 Å². The predicted molar refractivity (Wildman–Crippen MR) is 78.0 cm³/mol. The van der Waals surface area contributed by atoms with Crippen molar-refractivity contribution in [3.63, 3.8) is 0 Å². The van der Waals surface area contributed by atoms with E-state index in [0.29, 0.717) is 18.3 Å². The van der Waals surface area contributed by atoms with Crippen LogP contribution in [0.2, 0.25) is 5.02 Å². The Hall–Kier alpha value is -1.33. The molecule has 1 aromatic heterocycles. The Labute approximate surface area is 117 Å². The van der Waals surface area contributed by atoms with Crippen molar-refractivity contribution in [3.8, 4) is 0 Å². The molecule has 1 fully saturated rings. The number of nitrogens with zero attached hydrogens (tertiary/aromatic N) is 3. The summed E-state index contributed by atoms with van der Waals surface area (Å²) in [7, 11) is 0. The fraction of sp³-hybridized carbons (Fsp3) is 0.538. The topological polar surface area (TPSA) is 50.2 Å². The molecule has 0 saturated carbocycles. The number of allylic oxidation sites excluding steroid dienone is 1. The van der Waals surface area contributed by atoms with Crippen LogP contribution >= 0.6 is 11.6 Å². The fourth-order valence-electron chi connectivity index (χ4n) is 2.27. The van der Waals surface area contributed by atoms with Crippen LogP contribution in [0.25, 0.3) is 0 Å². The summed E-state index contributed by atoms with van der Waals surface area (Å²) < 4.78 is 1.31. The van der Waals surface area contributed by atoms with Gasteiger partial charge < -0.3 is 10.2 Å². The lowest BCUT2D eigenvalue weighted by Crippen LogP contribution is -2.54. The highest BCUT2D eigenvalue weighted by Gasteiger charge is 2.25. The number of hydrogen-bond donors (Lipinski definition) is 1. The predicted octanol–water partition coefficient (Wildman–Crippen LogP) is 1.27. The Morgan fingerprint density at radius 3 is 3.05 bits per heavy atom. The lowest BCUT2D eigenvalue weighted by atomic mass is 10.1. The standard InChI is InChI=1S/C13H19ClN4O/c1-4-5-18-13(19)12(14)11(7-16-18)17-8-9(2)15-6-10(17)3/h4,7,9-10,15H,1,5-6,8H2,2-3H3. The molecule has 1 saturated heterocycles. The van der Waals surface area contributed by atoms with Crippen molar-refractivity contribution in [2.45, 2.75) is 32.5 Å². The SMILES string of the molecule is C=CCn1ncc(N2CC(C)NCC2C)c(Cl)c1=O. The van der Waals surface area contributed by atoms with Crippen LogP contribution < -0.4 is 15.8 Å². The monoisotopic (exact) mass is 282 g/mol. The number of piperazine rings is 1. The minimum Gasteiger partial charge on any atom is -0.363 e. The summed E-state index contributed by atoms with van der Waals surface area (Å²) in [6.45, 7) is 9.86. The first-order valence-corrected chi connectivity index (χ1v) is 6.79. The normalized spacial score (nSPS) is 23.4. The van der Waals surface area contributed by atoms with Crippen molar-refractivity contribution >= 4 is 17.3 Å². The van der Waals surface area contributed by atoms with Gasteiger partial charge in [-0.25, -0.2) is 4.68 Å². The van der Waals surface area contributed by atoms with E-state index in [2.05, 4.69) is 35.7 Å². The summed E-state index contributed by atoms with van der Waals surface area (Å²) in [6.07, 6.45) is 3.29. The molecule has 2 rings (SSSR count). The molecule has 1 N–H and O–H groups in total. The molecule has 0 aliphatic carbocycles. The van der Waals surface area contributed by atoms with Gasteiger partial charge in [0.25, 0.3) is 5.56 Å². The van der Waals surface area contributed by atoms with E-state index in [1.807, 2.05) is 0 Å². The summed E-state index contributed by atoms with van der Waals surface area (Å²) in [4.78, 5) is 14.2. The van der Waals surface area contributed by atoms with Gasteiger partial charge in [0.05, 0.1) is 18.4 Å². The van der Waals surface area contributed by atoms with Gasteiger partial charge in [0.15, 0.2) is 0 Å². The minimum absolute atomic E-state index is 0.234. The summed E-state index contributed by atoms with van der Waals surface area (Å²) in [5.74, 6) is 0. The molecule has 2 atom stereocenters. The zero-order chi connectivity index (χ0) is 14.0. The molecule has 6 heteroatoms. The van der Waals surface area contributed by atoms with Gasteiger partial charge in [0.1, 0.15) is 5.02 Å². The van der Waals surface area contributed by atoms with Crippen molar-refractivity contribution in [2.24, 2.45) is 0 Å². The molecule has 0 aromatic carbocycles. The minimum atomic E-state index is -0.266. The zero-order valence-electron chi connectivity index (χ0n) is 11.3. The van der Waals surface area contributed by atoms with Crippen LogP contribution in [0.1, 0.15) is 13.8 Å².